The first-order valence-electron chi connectivity index (χ1n) is 6.16. The van der Waals surface area contributed by atoms with E-state index in [1.165, 1.54) is 0 Å². The number of hydrogen-bond donors (Lipinski definition) is 0. The van der Waals surface area contributed by atoms with Crippen LogP contribution in [0.3, 0.4) is 0 Å². The predicted molar refractivity (Wildman–Crippen MR) is 73.2 cm³/mol. The molecule has 2 aromatic heterocycles. The number of furan rings is 1. The van der Waals surface area contributed by atoms with Crippen LogP contribution in [0.25, 0.3) is 11.0 Å². The van der Waals surface area contributed by atoms with Crippen LogP contribution in [0, 0.1) is 6.92 Å². The van der Waals surface area contributed by atoms with E-state index in [0.29, 0.717) is 5.76 Å². The highest BCUT2D eigenvalue weighted by Crippen LogP contribution is 2.19. The Labute approximate surface area is 110 Å². The molecule has 3 rings (SSSR count). The third-order valence-electron chi connectivity index (χ3n) is 3.01. The van der Waals surface area contributed by atoms with Crippen molar-refractivity contribution in [3.8, 4) is 0 Å². The molecule has 0 radical (unpaired) electrons. The Morgan fingerprint density at radius 1 is 1.21 bits per heavy atom. The molecule has 0 spiro atoms. The van der Waals surface area contributed by atoms with Crippen molar-refractivity contribution >= 4 is 16.8 Å². The fourth-order valence-electron chi connectivity index (χ4n) is 1.97. The van der Waals surface area contributed by atoms with E-state index in [9.17, 15) is 4.79 Å². The lowest BCUT2D eigenvalue weighted by Crippen LogP contribution is -2.03. The van der Waals surface area contributed by atoms with E-state index in [1.54, 1.807) is 12.3 Å². The number of Topliss-reactive ketones (excluding diaryl/α,β-unsaturated/α-hetero) is 1. The molecule has 2 heterocycles. The van der Waals surface area contributed by atoms with Gasteiger partial charge in [-0.25, -0.2) is 0 Å². The van der Waals surface area contributed by atoms with E-state index in [-0.39, 0.29) is 12.2 Å². The summed E-state index contributed by atoms with van der Waals surface area (Å²) in [6.07, 6.45) is 2.03. The smallest absolute Gasteiger partial charge is 0.203 e. The molecule has 94 valence electrons. The first kappa shape index (κ1) is 11.7. The Hall–Kier alpha value is -2.42. The Kier molecular flexibility index (Phi) is 2.88. The molecular weight excluding hydrogens is 238 g/mol. The molecule has 19 heavy (non-hydrogen) atoms. The second kappa shape index (κ2) is 4.69. The van der Waals surface area contributed by atoms with E-state index < -0.39 is 0 Å². The minimum atomic E-state index is -0.0486. The minimum Gasteiger partial charge on any atom is -0.453 e. The molecule has 0 aliphatic heterocycles. The number of pyridine rings is 1. The Morgan fingerprint density at radius 2 is 2.05 bits per heavy atom. The summed E-state index contributed by atoms with van der Waals surface area (Å²) in [5.41, 5.74) is 2.58. The molecule has 3 heteroatoms. The highest BCUT2D eigenvalue weighted by molar-refractivity contribution is 5.98. The SMILES string of the molecule is Cc1ccc(CC(=O)c2cc3ccccc3o2)nc1. The van der Waals surface area contributed by atoms with Gasteiger partial charge in [-0.2, -0.15) is 0 Å². The largest absolute Gasteiger partial charge is 0.453 e. The molecule has 3 aromatic rings. The standard InChI is InChI=1S/C16H13NO2/c1-11-6-7-13(17-10-11)9-14(18)16-8-12-4-2-3-5-15(12)19-16/h2-8,10H,9H2,1H3. The van der Waals surface area contributed by atoms with Gasteiger partial charge in [0.15, 0.2) is 5.76 Å². The number of nitrogens with zero attached hydrogens (tertiary/aromatic N) is 1. The number of carbonyl (C=O) groups excluding carboxylic acids is 1. The van der Waals surface area contributed by atoms with Crippen LogP contribution >= 0.6 is 0 Å². The van der Waals surface area contributed by atoms with Crippen LogP contribution in [-0.4, -0.2) is 10.8 Å². The van der Waals surface area contributed by atoms with Gasteiger partial charge >= 0.3 is 0 Å². The highest BCUT2D eigenvalue weighted by atomic mass is 16.3. The fraction of sp³-hybridized carbons (Fsp3) is 0.125. The van der Waals surface area contributed by atoms with Gasteiger partial charge in [-0.1, -0.05) is 24.3 Å². The Balaban J connectivity index is 1.85. The van der Waals surface area contributed by atoms with Crippen LogP contribution in [0.15, 0.2) is 53.1 Å². The van der Waals surface area contributed by atoms with Crippen molar-refractivity contribution < 1.29 is 9.21 Å². The fourth-order valence-corrected chi connectivity index (χ4v) is 1.97. The molecule has 0 bridgehead atoms. The van der Waals surface area contributed by atoms with E-state index in [2.05, 4.69) is 4.98 Å². The number of ketones is 1. The minimum absolute atomic E-state index is 0.0486. The summed E-state index contributed by atoms with van der Waals surface area (Å²) in [5.74, 6) is 0.344. The molecule has 0 N–H and O–H groups in total. The molecule has 3 nitrogen and oxygen atoms in total. The number of benzene rings is 1. The van der Waals surface area contributed by atoms with Gasteiger partial charge in [0.25, 0.3) is 0 Å². The number of hydrogen-bond acceptors (Lipinski definition) is 3. The average molecular weight is 251 g/mol. The second-order valence-electron chi connectivity index (χ2n) is 4.58. The van der Waals surface area contributed by atoms with Crippen molar-refractivity contribution in [3.05, 3.63) is 65.7 Å². The number of rotatable bonds is 3. The van der Waals surface area contributed by atoms with E-state index in [4.69, 9.17) is 4.42 Å². The monoisotopic (exact) mass is 251 g/mol. The van der Waals surface area contributed by atoms with Gasteiger partial charge in [0.2, 0.25) is 5.78 Å². The van der Waals surface area contributed by atoms with Crippen molar-refractivity contribution in [2.75, 3.05) is 0 Å². The van der Waals surface area contributed by atoms with Gasteiger partial charge in [-0.05, 0) is 30.7 Å². The van der Waals surface area contributed by atoms with Gasteiger partial charge in [0, 0.05) is 17.3 Å². The summed E-state index contributed by atoms with van der Waals surface area (Å²) >= 11 is 0. The first-order valence-corrected chi connectivity index (χ1v) is 6.16. The zero-order valence-corrected chi connectivity index (χ0v) is 10.6. The maximum absolute atomic E-state index is 12.1. The molecule has 1 aromatic carbocycles. The molecule has 0 fully saturated rings. The third-order valence-corrected chi connectivity index (χ3v) is 3.01. The van der Waals surface area contributed by atoms with E-state index in [0.717, 1.165) is 22.2 Å². The topological polar surface area (TPSA) is 43.1 Å². The van der Waals surface area contributed by atoms with Crippen molar-refractivity contribution in [2.24, 2.45) is 0 Å². The lowest BCUT2D eigenvalue weighted by atomic mass is 10.1. The van der Waals surface area contributed by atoms with Crippen LogP contribution < -0.4 is 0 Å². The Morgan fingerprint density at radius 3 is 2.79 bits per heavy atom. The van der Waals surface area contributed by atoms with Crippen molar-refractivity contribution in [2.45, 2.75) is 13.3 Å². The third kappa shape index (κ3) is 2.40. The first-order chi connectivity index (χ1) is 9.22. The molecular formula is C16H13NO2. The van der Waals surface area contributed by atoms with Crippen molar-refractivity contribution in [1.82, 2.24) is 4.98 Å². The van der Waals surface area contributed by atoms with Gasteiger partial charge in [0.1, 0.15) is 5.58 Å². The Bertz CT molecular complexity index is 693. The lowest BCUT2D eigenvalue weighted by molar-refractivity contribution is 0.0967. The normalized spacial score (nSPS) is 10.8. The van der Waals surface area contributed by atoms with Crippen LogP contribution in [0.5, 0.6) is 0 Å². The number of carbonyl (C=O) groups is 1. The molecule has 0 aliphatic carbocycles. The lowest BCUT2D eigenvalue weighted by Gasteiger charge is -1.98. The number of aromatic nitrogens is 1. The zero-order valence-electron chi connectivity index (χ0n) is 10.6. The van der Waals surface area contributed by atoms with E-state index >= 15 is 0 Å². The average Bonchev–Trinajstić information content (AvgIpc) is 2.85. The number of fused-ring (bicyclic) bond motifs is 1. The summed E-state index contributed by atoms with van der Waals surface area (Å²) in [4.78, 5) is 16.4. The maximum atomic E-state index is 12.1. The molecule has 0 unspecified atom stereocenters. The van der Waals surface area contributed by atoms with Crippen LogP contribution in [-0.2, 0) is 6.42 Å². The summed E-state index contributed by atoms with van der Waals surface area (Å²) < 4.78 is 5.55. The molecule has 0 saturated carbocycles. The summed E-state index contributed by atoms with van der Waals surface area (Å²) in [6.45, 7) is 1.97. The molecule has 0 amide bonds. The van der Waals surface area contributed by atoms with Gasteiger partial charge in [0.05, 0.1) is 6.42 Å². The quantitative estimate of drug-likeness (QED) is 0.668. The maximum Gasteiger partial charge on any atom is 0.203 e. The van der Waals surface area contributed by atoms with E-state index in [1.807, 2.05) is 43.3 Å². The van der Waals surface area contributed by atoms with Crippen molar-refractivity contribution in [1.29, 1.82) is 0 Å². The van der Waals surface area contributed by atoms with Crippen molar-refractivity contribution in [3.63, 3.8) is 0 Å². The van der Waals surface area contributed by atoms with Gasteiger partial charge in [-0.15, -0.1) is 0 Å². The van der Waals surface area contributed by atoms with Crippen LogP contribution in [0.4, 0.5) is 0 Å². The molecule has 0 aliphatic rings. The summed E-state index contributed by atoms with van der Waals surface area (Å²) in [6, 6.07) is 13.2. The predicted octanol–water partition coefficient (Wildman–Crippen LogP) is 3.56. The summed E-state index contributed by atoms with van der Waals surface area (Å²) in [7, 11) is 0. The van der Waals surface area contributed by atoms with Crippen LogP contribution in [0.2, 0.25) is 0 Å². The second-order valence-corrected chi connectivity index (χ2v) is 4.58. The number of aryl methyl sites for hydroxylation is 1. The molecule has 0 atom stereocenters. The van der Waals surface area contributed by atoms with Gasteiger partial charge in [-0.3, -0.25) is 9.78 Å². The summed E-state index contributed by atoms with van der Waals surface area (Å²) in [5, 5.41) is 0.947. The highest BCUT2D eigenvalue weighted by Gasteiger charge is 2.13. The van der Waals surface area contributed by atoms with Crippen LogP contribution in [0.1, 0.15) is 21.8 Å². The van der Waals surface area contributed by atoms with Gasteiger partial charge < -0.3 is 4.42 Å². The zero-order chi connectivity index (χ0) is 13.2. The molecule has 0 saturated heterocycles. The number of para-hydroxylation sites is 1.